The van der Waals surface area contributed by atoms with Gasteiger partial charge in [0.1, 0.15) is 17.1 Å². The van der Waals surface area contributed by atoms with E-state index in [1.807, 2.05) is 18.2 Å². The van der Waals surface area contributed by atoms with Crippen molar-refractivity contribution in [1.82, 2.24) is 9.97 Å². The number of nitrogens with two attached hydrogens (primary N) is 1. The number of hydrogen-bond acceptors (Lipinski definition) is 3. The number of hydrogen-bond donors (Lipinski definition) is 2. The van der Waals surface area contributed by atoms with Gasteiger partial charge in [0.15, 0.2) is 0 Å². The van der Waals surface area contributed by atoms with E-state index in [4.69, 9.17) is 10.5 Å². The quantitative estimate of drug-likeness (QED) is 0.827. The molecule has 0 aliphatic rings. The second-order valence-corrected chi connectivity index (χ2v) is 4.53. The van der Waals surface area contributed by atoms with Crippen LogP contribution in [-0.4, -0.2) is 23.6 Å². The molecule has 0 saturated carbocycles. The van der Waals surface area contributed by atoms with Crippen LogP contribution in [0.15, 0.2) is 18.2 Å². The van der Waals surface area contributed by atoms with E-state index in [2.05, 4.69) is 23.8 Å². The van der Waals surface area contributed by atoms with Crippen molar-refractivity contribution in [3.8, 4) is 5.75 Å². The number of benzene rings is 1. The standard InChI is InChI=1S/C12H17N3O/c1-12(2,7-13)11-14-8-5-4-6-9(16-3)10(8)15-11/h4-6H,7,13H2,1-3H3,(H,14,15). The monoisotopic (exact) mass is 219 g/mol. The highest BCUT2D eigenvalue weighted by molar-refractivity contribution is 5.81. The van der Waals surface area contributed by atoms with E-state index in [9.17, 15) is 0 Å². The van der Waals surface area contributed by atoms with Gasteiger partial charge < -0.3 is 15.5 Å². The number of para-hydroxylation sites is 1. The maximum Gasteiger partial charge on any atom is 0.146 e. The number of fused-ring (bicyclic) bond motifs is 1. The Morgan fingerprint density at radius 1 is 1.44 bits per heavy atom. The first kappa shape index (κ1) is 11.0. The highest BCUT2D eigenvalue weighted by Crippen LogP contribution is 2.27. The SMILES string of the molecule is COc1cccc2[nH]c(C(C)(C)CN)nc12. The molecule has 0 saturated heterocycles. The summed E-state index contributed by atoms with van der Waals surface area (Å²) in [5.74, 6) is 1.68. The summed E-state index contributed by atoms with van der Waals surface area (Å²) in [6, 6.07) is 5.84. The Kier molecular flexibility index (Phi) is 2.59. The first-order chi connectivity index (χ1) is 7.58. The predicted molar refractivity (Wildman–Crippen MR) is 64.7 cm³/mol. The molecule has 0 aliphatic carbocycles. The van der Waals surface area contributed by atoms with Crippen molar-refractivity contribution >= 4 is 11.0 Å². The number of aromatic nitrogens is 2. The maximum atomic E-state index is 5.74. The smallest absolute Gasteiger partial charge is 0.146 e. The lowest BCUT2D eigenvalue weighted by Gasteiger charge is -2.18. The molecule has 16 heavy (non-hydrogen) atoms. The first-order valence-corrected chi connectivity index (χ1v) is 5.32. The van der Waals surface area contributed by atoms with Crippen molar-refractivity contribution in [3.05, 3.63) is 24.0 Å². The molecule has 4 nitrogen and oxygen atoms in total. The number of ether oxygens (including phenoxy) is 1. The number of imidazole rings is 1. The molecule has 2 rings (SSSR count). The lowest BCUT2D eigenvalue weighted by atomic mass is 9.93. The van der Waals surface area contributed by atoms with Crippen molar-refractivity contribution in [2.75, 3.05) is 13.7 Å². The molecule has 0 aliphatic heterocycles. The van der Waals surface area contributed by atoms with Crippen molar-refractivity contribution in [3.63, 3.8) is 0 Å². The Morgan fingerprint density at radius 2 is 2.19 bits per heavy atom. The van der Waals surface area contributed by atoms with Gasteiger partial charge in [0.2, 0.25) is 0 Å². The van der Waals surface area contributed by atoms with Crippen molar-refractivity contribution in [2.45, 2.75) is 19.3 Å². The summed E-state index contributed by atoms with van der Waals surface area (Å²) < 4.78 is 5.27. The summed E-state index contributed by atoms with van der Waals surface area (Å²) in [7, 11) is 1.65. The van der Waals surface area contributed by atoms with Gasteiger partial charge in [0.25, 0.3) is 0 Å². The van der Waals surface area contributed by atoms with E-state index in [-0.39, 0.29) is 5.41 Å². The second kappa shape index (κ2) is 3.79. The molecule has 0 atom stereocenters. The Bertz CT molecular complexity index is 502. The molecule has 0 radical (unpaired) electrons. The largest absolute Gasteiger partial charge is 0.494 e. The van der Waals surface area contributed by atoms with Gasteiger partial charge in [-0.05, 0) is 12.1 Å². The number of methoxy groups -OCH3 is 1. The van der Waals surface area contributed by atoms with Gasteiger partial charge in [-0.3, -0.25) is 0 Å². The van der Waals surface area contributed by atoms with Gasteiger partial charge in [-0.15, -0.1) is 0 Å². The molecule has 1 heterocycles. The van der Waals surface area contributed by atoms with Gasteiger partial charge in [0, 0.05) is 12.0 Å². The molecule has 0 spiro atoms. The van der Waals surface area contributed by atoms with Crippen LogP contribution in [0.3, 0.4) is 0 Å². The summed E-state index contributed by atoms with van der Waals surface area (Å²) in [6.07, 6.45) is 0. The molecule has 0 amide bonds. The zero-order chi connectivity index (χ0) is 11.8. The lowest BCUT2D eigenvalue weighted by Crippen LogP contribution is -2.29. The molecular formula is C12H17N3O. The average Bonchev–Trinajstić information content (AvgIpc) is 2.73. The number of rotatable bonds is 3. The summed E-state index contributed by atoms with van der Waals surface area (Å²) in [5.41, 5.74) is 7.44. The number of nitrogens with one attached hydrogen (secondary N) is 1. The first-order valence-electron chi connectivity index (χ1n) is 5.32. The highest BCUT2D eigenvalue weighted by atomic mass is 16.5. The Morgan fingerprint density at radius 3 is 2.81 bits per heavy atom. The van der Waals surface area contributed by atoms with Gasteiger partial charge in [-0.25, -0.2) is 4.98 Å². The third-order valence-electron chi connectivity index (χ3n) is 2.85. The van der Waals surface area contributed by atoms with E-state index in [0.29, 0.717) is 6.54 Å². The summed E-state index contributed by atoms with van der Waals surface area (Å²) in [5, 5.41) is 0. The Balaban J connectivity index is 2.60. The molecule has 1 aromatic carbocycles. The minimum absolute atomic E-state index is 0.149. The highest BCUT2D eigenvalue weighted by Gasteiger charge is 2.23. The molecule has 0 unspecified atom stereocenters. The van der Waals surface area contributed by atoms with E-state index in [1.54, 1.807) is 7.11 Å². The number of nitrogens with zero attached hydrogens (tertiary/aromatic N) is 1. The van der Waals surface area contributed by atoms with Crippen LogP contribution in [0.1, 0.15) is 19.7 Å². The Labute approximate surface area is 94.8 Å². The molecule has 86 valence electrons. The molecule has 0 bridgehead atoms. The molecule has 3 N–H and O–H groups in total. The van der Waals surface area contributed by atoms with Crippen molar-refractivity contribution in [1.29, 1.82) is 0 Å². The molecule has 1 aromatic heterocycles. The van der Waals surface area contributed by atoms with Crippen LogP contribution in [0.5, 0.6) is 5.75 Å². The minimum Gasteiger partial charge on any atom is -0.494 e. The fourth-order valence-electron chi connectivity index (χ4n) is 1.59. The zero-order valence-corrected chi connectivity index (χ0v) is 9.87. The van der Waals surface area contributed by atoms with Gasteiger partial charge in [-0.1, -0.05) is 19.9 Å². The summed E-state index contributed by atoms with van der Waals surface area (Å²) >= 11 is 0. The third kappa shape index (κ3) is 1.65. The second-order valence-electron chi connectivity index (χ2n) is 4.53. The number of aromatic amines is 1. The van der Waals surface area contributed by atoms with Gasteiger partial charge >= 0.3 is 0 Å². The fraction of sp³-hybridized carbons (Fsp3) is 0.417. The van der Waals surface area contributed by atoms with Crippen LogP contribution in [0.2, 0.25) is 0 Å². The van der Waals surface area contributed by atoms with Crippen molar-refractivity contribution < 1.29 is 4.74 Å². The van der Waals surface area contributed by atoms with E-state index < -0.39 is 0 Å². The van der Waals surface area contributed by atoms with E-state index >= 15 is 0 Å². The topological polar surface area (TPSA) is 63.9 Å². The van der Waals surface area contributed by atoms with Crippen LogP contribution in [0.4, 0.5) is 0 Å². The van der Waals surface area contributed by atoms with Gasteiger partial charge in [0.05, 0.1) is 12.6 Å². The van der Waals surface area contributed by atoms with Crippen LogP contribution in [-0.2, 0) is 5.41 Å². The van der Waals surface area contributed by atoms with Crippen LogP contribution in [0.25, 0.3) is 11.0 Å². The summed E-state index contributed by atoms with van der Waals surface area (Å²) in [6.45, 7) is 4.68. The van der Waals surface area contributed by atoms with Crippen LogP contribution in [0, 0.1) is 0 Å². The van der Waals surface area contributed by atoms with E-state index in [1.165, 1.54) is 0 Å². The lowest BCUT2D eigenvalue weighted by molar-refractivity contribution is 0.418. The molecule has 0 fully saturated rings. The predicted octanol–water partition coefficient (Wildman–Crippen LogP) is 1.81. The van der Waals surface area contributed by atoms with Crippen LogP contribution < -0.4 is 10.5 Å². The van der Waals surface area contributed by atoms with Crippen molar-refractivity contribution in [2.24, 2.45) is 5.73 Å². The average molecular weight is 219 g/mol. The zero-order valence-electron chi connectivity index (χ0n) is 9.87. The molecule has 4 heteroatoms. The van der Waals surface area contributed by atoms with Gasteiger partial charge in [-0.2, -0.15) is 0 Å². The normalized spacial score (nSPS) is 12.0. The molecular weight excluding hydrogens is 202 g/mol. The Hall–Kier alpha value is -1.55. The molecule has 2 aromatic rings. The third-order valence-corrected chi connectivity index (χ3v) is 2.85. The fourth-order valence-corrected chi connectivity index (χ4v) is 1.59. The summed E-state index contributed by atoms with van der Waals surface area (Å²) in [4.78, 5) is 7.86. The minimum atomic E-state index is -0.149. The van der Waals surface area contributed by atoms with Crippen LogP contribution >= 0.6 is 0 Å². The van der Waals surface area contributed by atoms with E-state index in [0.717, 1.165) is 22.6 Å². The maximum absolute atomic E-state index is 5.74. The number of H-pyrrole nitrogens is 1.